The molecule has 4 nitrogen and oxygen atoms in total. The Morgan fingerprint density at radius 2 is 2.33 bits per heavy atom. The summed E-state index contributed by atoms with van der Waals surface area (Å²) in [5, 5.41) is 14.6. The number of carboxylic acids is 1. The van der Waals surface area contributed by atoms with Crippen molar-refractivity contribution in [3.8, 4) is 0 Å². The highest BCUT2D eigenvalue weighted by atomic mass is 32.1. The first-order valence-corrected chi connectivity index (χ1v) is 5.32. The fourth-order valence-corrected chi connectivity index (χ4v) is 1.52. The van der Waals surface area contributed by atoms with Crippen molar-refractivity contribution in [3.05, 3.63) is 28.5 Å². The van der Waals surface area contributed by atoms with E-state index in [0.717, 1.165) is 5.56 Å². The number of rotatable bonds is 5. The zero-order chi connectivity index (χ0) is 11.1. The van der Waals surface area contributed by atoms with E-state index in [-0.39, 0.29) is 18.9 Å². The molecule has 1 rings (SSSR count). The molecule has 0 aromatic carbocycles. The number of amides is 1. The number of hydrogen-bond donors (Lipinski definition) is 2. The van der Waals surface area contributed by atoms with Gasteiger partial charge in [-0.25, -0.2) is 0 Å². The van der Waals surface area contributed by atoms with Crippen LogP contribution in [-0.2, 0) is 9.59 Å². The van der Waals surface area contributed by atoms with Crippen LogP contribution in [0.4, 0.5) is 0 Å². The first-order chi connectivity index (χ1) is 7.18. The highest BCUT2D eigenvalue weighted by Crippen LogP contribution is 2.07. The molecule has 0 aliphatic heterocycles. The Bertz CT molecular complexity index is 357. The van der Waals surface area contributed by atoms with Gasteiger partial charge in [0.25, 0.3) is 0 Å². The van der Waals surface area contributed by atoms with Gasteiger partial charge in [0.2, 0.25) is 5.91 Å². The molecular formula is C10H11NO3S. The van der Waals surface area contributed by atoms with Gasteiger partial charge in [-0.2, -0.15) is 11.3 Å². The van der Waals surface area contributed by atoms with Crippen molar-refractivity contribution in [2.24, 2.45) is 0 Å². The maximum atomic E-state index is 11.1. The van der Waals surface area contributed by atoms with E-state index >= 15 is 0 Å². The second-order valence-corrected chi connectivity index (χ2v) is 3.60. The van der Waals surface area contributed by atoms with E-state index in [1.54, 1.807) is 17.4 Å². The molecule has 1 aromatic heterocycles. The first kappa shape index (κ1) is 11.5. The maximum absolute atomic E-state index is 11.1. The zero-order valence-corrected chi connectivity index (χ0v) is 8.79. The van der Waals surface area contributed by atoms with Crippen molar-refractivity contribution in [3.63, 3.8) is 0 Å². The fraction of sp³-hybridized carbons (Fsp3) is 0.200. The van der Waals surface area contributed by atoms with Gasteiger partial charge in [-0.3, -0.25) is 9.59 Å². The second-order valence-electron chi connectivity index (χ2n) is 2.82. The molecule has 80 valence electrons. The maximum Gasteiger partial charge on any atom is 0.305 e. The van der Waals surface area contributed by atoms with Gasteiger partial charge in [0, 0.05) is 12.6 Å². The molecule has 1 heterocycles. The molecule has 0 radical (unpaired) electrons. The van der Waals surface area contributed by atoms with Gasteiger partial charge in [0.1, 0.15) is 0 Å². The van der Waals surface area contributed by atoms with Crippen molar-refractivity contribution < 1.29 is 14.7 Å². The molecule has 2 N–H and O–H groups in total. The number of aliphatic carboxylic acids is 1. The van der Waals surface area contributed by atoms with Crippen LogP contribution in [0.15, 0.2) is 22.9 Å². The summed E-state index contributed by atoms with van der Waals surface area (Å²) in [7, 11) is 0. The molecule has 15 heavy (non-hydrogen) atoms. The quantitative estimate of drug-likeness (QED) is 0.743. The van der Waals surface area contributed by atoms with E-state index in [0.29, 0.717) is 0 Å². The molecule has 0 aliphatic carbocycles. The van der Waals surface area contributed by atoms with Crippen molar-refractivity contribution in [2.45, 2.75) is 6.42 Å². The standard InChI is InChI=1S/C10H11NO3S/c12-9(11-5-3-10(13)14)2-1-8-4-6-15-7-8/h1-2,4,6-7H,3,5H2,(H,11,12)(H,13,14)/b2-1+. The topological polar surface area (TPSA) is 66.4 Å². The van der Waals surface area contributed by atoms with Crippen molar-refractivity contribution >= 4 is 29.3 Å². The Hall–Kier alpha value is -1.62. The summed E-state index contributed by atoms with van der Waals surface area (Å²) in [6.45, 7) is 0.155. The van der Waals surface area contributed by atoms with Gasteiger partial charge >= 0.3 is 5.97 Å². The molecule has 0 saturated heterocycles. The third kappa shape index (κ3) is 4.97. The molecular weight excluding hydrogens is 214 g/mol. The van der Waals surface area contributed by atoms with E-state index in [9.17, 15) is 9.59 Å². The minimum absolute atomic E-state index is 0.0575. The zero-order valence-electron chi connectivity index (χ0n) is 7.97. The van der Waals surface area contributed by atoms with Crippen LogP contribution in [0.1, 0.15) is 12.0 Å². The second kappa shape index (κ2) is 5.98. The summed E-state index contributed by atoms with van der Waals surface area (Å²) in [6, 6.07) is 1.89. The van der Waals surface area contributed by atoms with Crippen LogP contribution in [-0.4, -0.2) is 23.5 Å². The summed E-state index contributed by atoms with van der Waals surface area (Å²) in [5.74, 6) is -1.19. The summed E-state index contributed by atoms with van der Waals surface area (Å²) in [6.07, 6.45) is 3.02. The Kier molecular flexibility index (Phi) is 4.56. The van der Waals surface area contributed by atoms with Crippen LogP contribution in [0.2, 0.25) is 0 Å². The molecule has 0 aliphatic rings. The minimum atomic E-state index is -0.919. The molecule has 0 saturated carbocycles. The van der Waals surface area contributed by atoms with Crippen molar-refractivity contribution in [2.75, 3.05) is 6.54 Å². The first-order valence-electron chi connectivity index (χ1n) is 4.38. The lowest BCUT2D eigenvalue weighted by atomic mass is 10.3. The molecule has 5 heteroatoms. The molecule has 0 fully saturated rings. The summed E-state index contributed by atoms with van der Waals surface area (Å²) in [5.41, 5.74) is 0.966. The van der Waals surface area contributed by atoms with Crippen LogP contribution in [0, 0.1) is 0 Å². The smallest absolute Gasteiger partial charge is 0.305 e. The van der Waals surface area contributed by atoms with E-state index in [1.807, 2.05) is 16.8 Å². The lowest BCUT2D eigenvalue weighted by Gasteiger charge is -1.97. The average molecular weight is 225 g/mol. The third-order valence-corrected chi connectivity index (χ3v) is 2.31. The number of carboxylic acid groups (broad SMARTS) is 1. The Morgan fingerprint density at radius 1 is 1.53 bits per heavy atom. The van der Waals surface area contributed by atoms with Crippen molar-refractivity contribution in [1.82, 2.24) is 5.32 Å². The van der Waals surface area contributed by atoms with Crippen LogP contribution in [0.25, 0.3) is 6.08 Å². The van der Waals surface area contributed by atoms with Crippen LogP contribution in [0.3, 0.4) is 0 Å². The van der Waals surface area contributed by atoms with Gasteiger partial charge < -0.3 is 10.4 Å². The third-order valence-electron chi connectivity index (χ3n) is 1.61. The minimum Gasteiger partial charge on any atom is -0.481 e. The van der Waals surface area contributed by atoms with Gasteiger partial charge in [-0.1, -0.05) is 0 Å². The highest BCUT2D eigenvalue weighted by Gasteiger charge is 1.98. The van der Waals surface area contributed by atoms with Crippen LogP contribution in [0.5, 0.6) is 0 Å². The Balaban J connectivity index is 2.27. The normalized spacial score (nSPS) is 10.4. The van der Waals surface area contributed by atoms with Crippen molar-refractivity contribution in [1.29, 1.82) is 0 Å². The van der Waals surface area contributed by atoms with Gasteiger partial charge in [-0.15, -0.1) is 0 Å². The number of carbonyl (C=O) groups excluding carboxylic acids is 1. The lowest BCUT2D eigenvalue weighted by molar-refractivity contribution is -0.136. The summed E-state index contributed by atoms with van der Waals surface area (Å²) in [4.78, 5) is 21.3. The van der Waals surface area contributed by atoms with E-state index < -0.39 is 5.97 Å². The van der Waals surface area contributed by atoms with Gasteiger partial charge in [0.15, 0.2) is 0 Å². The fourth-order valence-electron chi connectivity index (χ4n) is 0.893. The molecule has 1 amide bonds. The van der Waals surface area contributed by atoms with E-state index in [4.69, 9.17) is 5.11 Å². The number of thiophene rings is 1. The van der Waals surface area contributed by atoms with E-state index in [1.165, 1.54) is 6.08 Å². The Labute approximate surface area is 91.2 Å². The number of nitrogens with one attached hydrogen (secondary N) is 1. The molecule has 0 spiro atoms. The van der Waals surface area contributed by atoms with Crippen LogP contribution < -0.4 is 5.32 Å². The number of carbonyl (C=O) groups is 2. The highest BCUT2D eigenvalue weighted by molar-refractivity contribution is 7.08. The average Bonchev–Trinajstić information content (AvgIpc) is 2.66. The van der Waals surface area contributed by atoms with Gasteiger partial charge in [-0.05, 0) is 28.5 Å². The molecule has 0 unspecified atom stereocenters. The summed E-state index contributed by atoms with van der Waals surface area (Å²) >= 11 is 1.55. The largest absolute Gasteiger partial charge is 0.481 e. The molecule has 0 bridgehead atoms. The number of hydrogen-bond acceptors (Lipinski definition) is 3. The molecule has 1 aromatic rings. The van der Waals surface area contributed by atoms with E-state index in [2.05, 4.69) is 5.32 Å². The monoisotopic (exact) mass is 225 g/mol. The molecule has 0 atom stereocenters. The lowest BCUT2D eigenvalue weighted by Crippen LogP contribution is -2.23. The van der Waals surface area contributed by atoms with Gasteiger partial charge in [0.05, 0.1) is 6.42 Å². The predicted octanol–water partition coefficient (Wildman–Crippen LogP) is 1.35. The van der Waals surface area contributed by atoms with Crippen LogP contribution >= 0.6 is 11.3 Å². The Morgan fingerprint density at radius 3 is 2.93 bits per heavy atom. The SMILES string of the molecule is O=C(O)CCNC(=O)/C=C/c1ccsc1. The summed E-state index contributed by atoms with van der Waals surface area (Å²) < 4.78 is 0. The predicted molar refractivity (Wildman–Crippen MR) is 58.6 cm³/mol.